The molecule has 15 heavy (non-hydrogen) atoms. The van der Waals surface area contributed by atoms with Gasteiger partial charge in [-0.3, -0.25) is 4.79 Å². The number of primary amides is 1. The van der Waals surface area contributed by atoms with E-state index < -0.39 is 5.91 Å². The van der Waals surface area contributed by atoms with Crippen molar-refractivity contribution in [2.24, 2.45) is 5.73 Å². The highest BCUT2D eigenvalue weighted by molar-refractivity contribution is 5.99. The minimum atomic E-state index is -0.485. The van der Waals surface area contributed by atoms with Crippen LogP contribution in [0.25, 0.3) is 0 Å². The second-order valence-electron chi connectivity index (χ2n) is 3.31. The van der Waals surface area contributed by atoms with Gasteiger partial charge < -0.3 is 16.4 Å². The van der Waals surface area contributed by atoms with Gasteiger partial charge in [0.25, 0.3) is 5.91 Å². The fourth-order valence-electron chi connectivity index (χ4n) is 1.54. The van der Waals surface area contributed by atoms with E-state index in [-0.39, 0.29) is 0 Å². The van der Waals surface area contributed by atoms with Gasteiger partial charge in [0, 0.05) is 24.5 Å². The Hall–Kier alpha value is -1.71. The highest BCUT2D eigenvalue weighted by Crippen LogP contribution is 2.20. The zero-order chi connectivity index (χ0) is 11.4. The van der Waals surface area contributed by atoms with Gasteiger partial charge in [-0.15, -0.1) is 0 Å². The number of nitrogens with zero attached hydrogens (tertiary/aromatic N) is 1. The predicted octanol–water partition coefficient (Wildman–Crippen LogP) is 1.21. The van der Waals surface area contributed by atoms with E-state index in [1.54, 1.807) is 12.1 Å². The molecule has 0 aromatic heterocycles. The summed E-state index contributed by atoms with van der Waals surface area (Å²) in [6.07, 6.45) is 0. The van der Waals surface area contributed by atoms with Crippen LogP contribution in [0.4, 0.5) is 11.4 Å². The SMILES string of the molecule is CCN(CC)c1ccc(N)c(C(N)=O)c1. The minimum absolute atomic E-state index is 0.388. The van der Waals surface area contributed by atoms with E-state index in [1.807, 2.05) is 6.07 Å². The van der Waals surface area contributed by atoms with E-state index in [9.17, 15) is 4.79 Å². The third kappa shape index (κ3) is 2.40. The third-order valence-electron chi connectivity index (χ3n) is 2.43. The molecule has 0 fully saturated rings. The monoisotopic (exact) mass is 207 g/mol. The van der Waals surface area contributed by atoms with Gasteiger partial charge in [-0.05, 0) is 32.0 Å². The van der Waals surface area contributed by atoms with Crippen molar-refractivity contribution in [1.82, 2.24) is 0 Å². The second-order valence-corrected chi connectivity index (χ2v) is 3.31. The zero-order valence-electron chi connectivity index (χ0n) is 9.16. The van der Waals surface area contributed by atoms with Crippen molar-refractivity contribution >= 4 is 17.3 Å². The van der Waals surface area contributed by atoms with E-state index in [0.29, 0.717) is 11.3 Å². The molecular formula is C11H17N3O. The summed E-state index contributed by atoms with van der Waals surface area (Å²) in [5.41, 5.74) is 12.7. The number of benzene rings is 1. The van der Waals surface area contributed by atoms with E-state index in [1.165, 1.54) is 0 Å². The topological polar surface area (TPSA) is 72.3 Å². The van der Waals surface area contributed by atoms with E-state index in [2.05, 4.69) is 18.7 Å². The first-order valence-electron chi connectivity index (χ1n) is 5.04. The van der Waals surface area contributed by atoms with Crippen LogP contribution in [-0.4, -0.2) is 19.0 Å². The molecule has 0 unspecified atom stereocenters. The number of nitrogens with two attached hydrogens (primary N) is 2. The van der Waals surface area contributed by atoms with E-state index in [0.717, 1.165) is 18.8 Å². The molecule has 4 nitrogen and oxygen atoms in total. The maximum absolute atomic E-state index is 11.1. The molecule has 82 valence electrons. The van der Waals surface area contributed by atoms with Crippen LogP contribution >= 0.6 is 0 Å². The number of carbonyl (C=O) groups excluding carboxylic acids is 1. The van der Waals surface area contributed by atoms with Crippen LogP contribution in [0.2, 0.25) is 0 Å². The predicted molar refractivity (Wildman–Crippen MR) is 62.9 cm³/mol. The molecule has 0 aliphatic carbocycles. The number of rotatable bonds is 4. The molecule has 0 saturated heterocycles. The minimum Gasteiger partial charge on any atom is -0.398 e. The lowest BCUT2D eigenvalue weighted by molar-refractivity contribution is 0.100. The van der Waals surface area contributed by atoms with Crippen molar-refractivity contribution < 1.29 is 4.79 Å². The molecule has 0 atom stereocenters. The van der Waals surface area contributed by atoms with Gasteiger partial charge in [0.1, 0.15) is 0 Å². The summed E-state index contributed by atoms with van der Waals surface area (Å²) < 4.78 is 0. The Bertz CT molecular complexity index is 359. The lowest BCUT2D eigenvalue weighted by atomic mass is 10.1. The van der Waals surface area contributed by atoms with Gasteiger partial charge >= 0.3 is 0 Å². The maximum Gasteiger partial charge on any atom is 0.250 e. The molecule has 0 aliphatic rings. The molecule has 1 amide bonds. The number of anilines is 2. The Kier molecular flexibility index (Phi) is 3.55. The molecule has 4 N–H and O–H groups in total. The number of carbonyl (C=O) groups is 1. The van der Waals surface area contributed by atoms with Crippen molar-refractivity contribution in [3.8, 4) is 0 Å². The van der Waals surface area contributed by atoms with Gasteiger partial charge in [-0.1, -0.05) is 0 Å². The second kappa shape index (κ2) is 4.68. The first-order chi connectivity index (χ1) is 7.10. The number of amides is 1. The van der Waals surface area contributed by atoms with Crippen LogP contribution in [0.3, 0.4) is 0 Å². The molecule has 4 heteroatoms. The van der Waals surface area contributed by atoms with Crippen molar-refractivity contribution in [2.45, 2.75) is 13.8 Å². The van der Waals surface area contributed by atoms with Crippen LogP contribution < -0.4 is 16.4 Å². The lowest BCUT2D eigenvalue weighted by Gasteiger charge is -2.21. The molecule has 1 aromatic carbocycles. The Morgan fingerprint density at radius 1 is 1.33 bits per heavy atom. The van der Waals surface area contributed by atoms with E-state index in [4.69, 9.17) is 11.5 Å². The van der Waals surface area contributed by atoms with Gasteiger partial charge in [0.2, 0.25) is 0 Å². The van der Waals surface area contributed by atoms with Crippen LogP contribution in [-0.2, 0) is 0 Å². The molecule has 0 aliphatic heterocycles. The molecule has 0 radical (unpaired) electrons. The fourth-order valence-corrected chi connectivity index (χ4v) is 1.54. The Morgan fingerprint density at radius 2 is 1.93 bits per heavy atom. The summed E-state index contributed by atoms with van der Waals surface area (Å²) in [6, 6.07) is 5.35. The molecule has 1 aromatic rings. The van der Waals surface area contributed by atoms with Crippen LogP contribution in [0.15, 0.2) is 18.2 Å². The quantitative estimate of drug-likeness (QED) is 0.729. The van der Waals surface area contributed by atoms with Gasteiger partial charge in [-0.25, -0.2) is 0 Å². The highest BCUT2D eigenvalue weighted by Gasteiger charge is 2.09. The third-order valence-corrected chi connectivity index (χ3v) is 2.43. The van der Waals surface area contributed by atoms with Gasteiger partial charge in [-0.2, -0.15) is 0 Å². The van der Waals surface area contributed by atoms with Gasteiger partial charge in [0.05, 0.1) is 5.56 Å². The number of hydrogen-bond acceptors (Lipinski definition) is 3. The largest absolute Gasteiger partial charge is 0.398 e. The van der Waals surface area contributed by atoms with Crippen LogP contribution in [0, 0.1) is 0 Å². The normalized spacial score (nSPS) is 10.0. The Balaban J connectivity index is 3.11. The molecule has 0 spiro atoms. The maximum atomic E-state index is 11.1. The summed E-state index contributed by atoms with van der Waals surface area (Å²) in [4.78, 5) is 13.2. The summed E-state index contributed by atoms with van der Waals surface area (Å²) in [5.74, 6) is -0.485. The average Bonchev–Trinajstić information content (AvgIpc) is 2.21. The molecular weight excluding hydrogens is 190 g/mol. The van der Waals surface area contributed by atoms with Crippen molar-refractivity contribution in [3.63, 3.8) is 0 Å². The first-order valence-corrected chi connectivity index (χ1v) is 5.04. The Morgan fingerprint density at radius 3 is 2.40 bits per heavy atom. The van der Waals surface area contributed by atoms with Crippen LogP contribution in [0.1, 0.15) is 24.2 Å². The smallest absolute Gasteiger partial charge is 0.250 e. The molecule has 0 saturated carbocycles. The zero-order valence-corrected chi connectivity index (χ0v) is 9.16. The van der Waals surface area contributed by atoms with Crippen molar-refractivity contribution in [2.75, 3.05) is 23.7 Å². The number of hydrogen-bond donors (Lipinski definition) is 2. The number of nitrogen functional groups attached to an aromatic ring is 1. The highest BCUT2D eigenvalue weighted by atomic mass is 16.1. The summed E-state index contributed by atoms with van der Waals surface area (Å²) in [7, 11) is 0. The first kappa shape index (κ1) is 11.4. The fraction of sp³-hybridized carbons (Fsp3) is 0.364. The molecule has 0 heterocycles. The molecule has 1 rings (SSSR count). The summed E-state index contributed by atoms with van der Waals surface area (Å²) >= 11 is 0. The van der Waals surface area contributed by atoms with Crippen LogP contribution in [0.5, 0.6) is 0 Å². The molecule has 0 bridgehead atoms. The summed E-state index contributed by atoms with van der Waals surface area (Å²) in [6.45, 7) is 5.89. The standard InChI is InChI=1S/C11H17N3O/c1-3-14(4-2)8-5-6-10(12)9(7-8)11(13)15/h5-7H,3-4,12H2,1-2H3,(H2,13,15). The van der Waals surface area contributed by atoms with Crippen molar-refractivity contribution in [3.05, 3.63) is 23.8 Å². The Labute approximate surface area is 89.9 Å². The van der Waals surface area contributed by atoms with Crippen molar-refractivity contribution in [1.29, 1.82) is 0 Å². The lowest BCUT2D eigenvalue weighted by Crippen LogP contribution is -2.23. The summed E-state index contributed by atoms with van der Waals surface area (Å²) in [5, 5.41) is 0. The average molecular weight is 207 g/mol. The van der Waals surface area contributed by atoms with Gasteiger partial charge in [0.15, 0.2) is 0 Å². The van der Waals surface area contributed by atoms with E-state index >= 15 is 0 Å².